The average Bonchev–Trinajstić information content (AvgIpc) is 1.88. The first kappa shape index (κ1) is 8.17. The molecule has 1 aliphatic rings. The zero-order valence-electron chi connectivity index (χ0n) is 7.18. The van der Waals surface area contributed by atoms with Crippen LogP contribution in [0.25, 0.3) is 0 Å². The fourth-order valence-corrected chi connectivity index (χ4v) is 2.67. The van der Waals surface area contributed by atoms with Crippen LogP contribution < -0.4 is 0 Å². The lowest BCUT2D eigenvalue weighted by molar-refractivity contribution is 0.213. The summed E-state index contributed by atoms with van der Waals surface area (Å²) in [5.74, 6) is 7.05. The molecule has 1 heterocycles. The quantitative estimate of drug-likeness (QED) is 0.529. The van der Waals surface area contributed by atoms with Gasteiger partial charge in [-0.05, 0) is 12.8 Å². The topological polar surface area (TPSA) is 9.23 Å². The summed E-state index contributed by atoms with van der Waals surface area (Å²) in [5.41, 5.74) is 0. The van der Waals surface area contributed by atoms with E-state index < -0.39 is 13.1 Å². The summed E-state index contributed by atoms with van der Waals surface area (Å²) in [5, 5.41) is 0. The molecule has 0 aromatic rings. The largest absolute Gasteiger partial charge is 0.547 e. The van der Waals surface area contributed by atoms with Gasteiger partial charge in [-0.2, -0.15) is 17.4 Å². The number of hydrogen-bond donors (Lipinski definition) is 0. The van der Waals surface area contributed by atoms with Crippen molar-refractivity contribution in [3.05, 3.63) is 10.7 Å². The molecule has 58 valence electrons. The lowest BCUT2D eigenvalue weighted by Crippen LogP contribution is -2.27. The molecule has 0 aliphatic carbocycles. The van der Waals surface area contributed by atoms with Gasteiger partial charge in [-0.15, -0.1) is 4.62 Å². The highest BCUT2D eigenvalue weighted by Crippen LogP contribution is 2.20. The number of hydrogen-bond acceptors (Lipinski definition) is 1. The van der Waals surface area contributed by atoms with Crippen LogP contribution in [0.15, 0.2) is 10.7 Å². The fraction of sp³-hybridized carbons (Fsp3) is 0.750. The summed E-state index contributed by atoms with van der Waals surface area (Å²) >= 11 is -1.38. The highest BCUT2D eigenvalue weighted by molar-refractivity contribution is 6.82. The second kappa shape index (κ2) is 2.99. The molecule has 0 fully saturated rings. The molecule has 0 atom stereocenters. The minimum absolute atomic E-state index is 0.948. The van der Waals surface area contributed by atoms with Crippen molar-refractivity contribution in [2.24, 2.45) is 0 Å². The SMILES string of the molecule is [CH3][Al-]([CH3])([CH3])[C]1=CCCCO1. The van der Waals surface area contributed by atoms with Gasteiger partial charge in [0, 0.05) is 0 Å². The standard InChI is InChI=1S/C5H7O.3CH3.Al/c1-2-4-6-5-3-1;;;;/h2H,1,3,5H2;3*1H3;/q;;;;-1. The maximum atomic E-state index is 5.58. The third-order valence-corrected chi connectivity index (χ3v) is 3.93. The summed E-state index contributed by atoms with van der Waals surface area (Å²) < 4.78 is 6.91. The van der Waals surface area contributed by atoms with Gasteiger partial charge in [0.05, 0.1) is 6.61 Å². The van der Waals surface area contributed by atoms with E-state index in [9.17, 15) is 0 Å². The molecule has 0 spiro atoms. The molecule has 1 aliphatic heterocycles. The molecular formula is C8H16AlO-. The third kappa shape index (κ3) is 2.04. The van der Waals surface area contributed by atoms with E-state index in [0.29, 0.717) is 0 Å². The van der Waals surface area contributed by atoms with Gasteiger partial charge < -0.3 is 4.74 Å². The van der Waals surface area contributed by atoms with Crippen LogP contribution >= 0.6 is 0 Å². The van der Waals surface area contributed by atoms with E-state index in [1.54, 1.807) is 0 Å². The van der Waals surface area contributed by atoms with E-state index in [4.69, 9.17) is 4.74 Å². The van der Waals surface area contributed by atoms with Crippen molar-refractivity contribution in [2.45, 2.75) is 30.2 Å². The van der Waals surface area contributed by atoms with Crippen molar-refractivity contribution in [2.75, 3.05) is 6.61 Å². The van der Waals surface area contributed by atoms with Gasteiger partial charge in [-0.25, -0.2) is 0 Å². The van der Waals surface area contributed by atoms with Crippen LogP contribution in [-0.2, 0) is 4.74 Å². The highest BCUT2D eigenvalue weighted by atomic mass is 27.2. The van der Waals surface area contributed by atoms with Crippen molar-refractivity contribution in [1.29, 1.82) is 0 Å². The summed E-state index contributed by atoms with van der Waals surface area (Å²) in [4.78, 5) is 0. The van der Waals surface area contributed by atoms with Crippen molar-refractivity contribution in [3.63, 3.8) is 0 Å². The Labute approximate surface area is 65.8 Å². The van der Waals surface area contributed by atoms with E-state index in [0.717, 1.165) is 6.61 Å². The summed E-state index contributed by atoms with van der Waals surface area (Å²) in [6.45, 7) is 0.948. The van der Waals surface area contributed by atoms with Crippen molar-refractivity contribution < 1.29 is 4.74 Å². The molecule has 0 aromatic heterocycles. The molecule has 0 N–H and O–H groups in total. The van der Waals surface area contributed by atoms with E-state index in [1.807, 2.05) is 0 Å². The number of rotatable bonds is 1. The Hall–Kier alpha value is 0.0725. The summed E-state index contributed by atoms with van der Waals surface area (Å²) in [7, 11) is 0. The van der Waals surface area contributed by atoms with Crippen LogP contribution in [0.3, 0.4) is 0 Å². The first-order chi connectivity index (χ1) is 4.61. The van der Waals surface area contributed by atoms with Gasteiger partial charge in [-0.1, -0.05) is 6.08 Å². The maximum absolute atomic E-state index is 5.58. The van der Waals surface area contributed by atoms with Gasteiger partial charge in [0.25, 0.3) is 0 Å². The molecule has 0 amide bonds. The zero-order chi connectivity index (χ0) is 7.61. The lowest BCUT2D eigenvalue weighted by atomic mass is 10.3. The Morgan fingerprint density at radius 2 is 2.10 bits per heavy atom. The first-order valence-corrected chi connectivity index (χ1v) is 8.25. The van der Waals surface area contributed by atoms with Gasteiger partial charge in [0.15, 0.2) is 0 Å². The number of allylic oxidation sites excluding steroid dienone is 1. The smallest absolute Gasteiger partial charge is 0.209 e. The van der Waals surface area contributed by atoms with Crippen LogP contribution in [0.5, 0.6) is 0 Å². The lowest BCUT2D eigenvalue weighted by Gasteiger charge is -2.29. The Bertz CT molecular complexity index is 144. The zero-order valence-corrected chi connectivity index (χ0v) is 8.34. The summed E-state index contributed by atoms with van der Waals surface area (Å²) in [6.07, 6.45) is 4.72. The predicted octanol–water partition coefficient (Wildman–Crippen LogP) is 2.56. The van der Waals surface area contributed by atoms with Crippen LogP contribution in [0.1, 0.15) is 12.8 Å². The Morgan fingerprint density at radius 1 is 1.40 bits per heavy atom. The predicted molar refractivity (Wildman–Crippen MR) is 46.6 cm³/mol. The maximum Gasteiger partial charge on any atom is 0.209 e. The van der Waals surface area contributed by atoms with Crippen molar-refractivity contribution in [1.82, 2.24) is 0 Å². The van der Waals surface area contributed by atoms with Gasteiger partial charge >= 0.3 is 0 Å². The molecule has 0 saturated carbocycles. The average molecular weight is 155 g/mol. The van der Waals surface area contributed by atoms with E-state index in [1.165, 1.54) is 17.5 Å². The molecule has 1 rings (SSSR count). The molecule has 1 nitrogen and oxygen atoms in total. The first-order valence-electron chi connectivity index (χ1n) is 4.21. The van der Waals surface area contributed by atoms with Gasteiger partial charge in [0.1, 0.15) is 0 Å². The van der Waals surface area contributed by atoms with E-state index in [-0.39, 0.29) is 0 Å². The molecule has 10 heavy (non-hydrogen) atoms. The molecule has 2 heteroatoms. The normalized spacial score (nSPS) is 19.7. The molecule has 0 bridgehead atoms. The highest BCUT2D eigenvalue weighted by Gasteiger charge is 2.18. The van der Waals surface area contributed by atoms with Crippen molar-refractivity contribution >= 4 is 13.1 Å². The minimum atomic E-state index is -1.38. The molecule has 0 saturated heterocycles. The third-order valence-electron chi connectivity index (χ3n) is 1.82. The Morgan fingerprint density at radius 3 is 2.40 bits per heavy atom. The molecular weight excluding hydrogens is 139 g/mol. The van der Waals surface area contributed by atoms with Crippen LogP contribution in [0.4, 0.5) is 0 Å². The second-order valence-corrected chi connectivity index (χ2v) is 9.96. The van der Waals surface area contributed by atoms with Gasteiger partial charge in [-0.3, -0.25) is 0 Å². The van der Waals surface area contributed by atoms with E-state index in [2.05, 4.69) is 23.4 Å². The second-order valence-electron chi connectivity index (χ2n) is 4.20. The Balaban J connectivity index is 2.62. The monoisotopic (exact) mass is 155 g/mol. The Kier molecular flexibility index (Phi) is 2.44. The van der Waals surface area contributed by atoms with E-state index >= 15 is 0 Å². The number of ether oxygens (including phenoxy) is 1. The minimum Gasteiger partial charge on any atom is -0.547 e. The van der Waals surface area contributed by atoms with Crippen molar-refractivity contribution in [3.8, 4) is 0 Å². The van der Waals surface area contributed by atoms with Gasteiger partial charge in [0.2, 0.25) is 13.1 Å². The fourth-order valence-electron chi connectivity index (χ4n) is 1.18. The van der Waals surface area contributed by atoms with Crippen LogP contribution in [0.2, 0.25) is 17.4 Å². The summed E-state index contributed by atoms with van der Waals surface area (Å²) in [6, 6.07) is 0. The molecule has 0 unspecified atom stereocenters. The van der Waals surface area contributed by atoms with Crippen LogP contribution in [0, 0.1) is 0 Å². The van der Waals surface area contributed by atoms with Crippen LogP contribution in [-0.4, -0.2) is 19.7 Å². The molecule has 0 radical (unpaired) electrons. The molecule has 0 aromatic carbocycles.